The van der Waals surface area contributed by atoms with E-state index in [4.69, 9.17) is 16.7 Å². The molecule has 1 aliphatic rings. The third-order valence-corrected chi connectivity index (χ3v) is 6.42. The molecule has 0 spiro atoms. The van der Waals surface area contributed by atoms with E-state index in [1.54, 1.807) is 24.3 Å². The zero-order valence-corrected chi connectivity index (χ0v) is 20.9. The number of carboxylic acids is 1. The minimum absolute atomic E-state index is 0.321. The third-order valence-electron chi connectivity index (χ3n) is 6.20. The van der Waals surface area contributed by atoms with Crippen LogP contribution in [0.1, 0.15) is 30.0 Å². The normalized spacial score (nSPS) is 14.7. The van der Waals surface area contributed by atoms with E-state index < -0.39 is 12.0 Å². The Hall–Kier alpha value is -3.78. The van der Waals surface area contributed by atoms with Crippen LogP contribution >= 0.6 is 11.6 Å². The maximum atomic E-state index is 12.4. The van der Waals surface area contributed by atoms with Crippen LogP contribution in [0.15, 0.2) is 61.2 Å². The molecule has 2 amide bonds. The van der Waals surface area contributed by atoms with Crippen molar-refractivity contribution in [3.8, 4) is 0 Å². The van der Waals surface area contributed by atoms with Crippen molar-refractivity contribution < 1.29 is 14.7 Å². The summed E-state index contributed by atoms with van der Waals surface area (Å²) in [4.78, 5) is 31.5. The van der Waals surface area contributed by atoms with E-state index in [9.17, 15) is 9.59 Å². The number of nitrogens with zero attached hydrogens (tertiary/aromatic N) is 4. The Balaban J connectivity index is 1.32. The Morgan fingerprint density at radius 3 is 2.44 bits per heavy atom. The molecule has 188 valence electrons. The fourth-order valence-electron chi connectivity index (χ4n) is 4.19. The molecule has 4 rings (SSSR count). The first kappa shape index (κ1) is 25.3. The number of imidazole rings is 1. The molecule has 2 N–H and O–H groups in total. The highest BCUT2D eigenvalue weighted by atomic mass is 35.5. The second kappa shape index (κ2) is 11.8. The molecule has 1 unspecified atom stereocenters. The van der Waals surface area contributed by atoms with Crippen LogP contribution in [0.25, 0.3) is 12.2 Å². The first-order valence-corrected chi connectivity index (χ1v) is 12.4. The lowest BCUT2D eigenvalue weighted by Gasteiger charge is -2.36. The lowest BCUT2D eigenvalue weighted by atomic mass is 10.1. The van der Waals surface area contributed by atoms with Gasteiger partial charge < -0.3 is 24.8 Å². The van der Waals surface area contributed by atoms with Gasteiger partial charge in [0.25, 0.3) is 0 Å². The zero-order chi connectivity index (χ0) is 25.5. The number of hydrogen-bond acceptors (Lipinski definition) is 4. The van der Waals surface area contributed by atoms with Crippen molar-refractivity contribution in [2.75, 3.05) is 31.1 Å². The molecule has 1 saturated heterocycles. The van der Waals surface area contributed by atoms with Crippen LogP contribution in [-0.4, -0.2) is 63.8 Å². The monoisotopic (exact) mass is 507 g/mol. The van der Waals surface area contributed by atoms with Crippen molar-refractivity contribution in [3.63, 3.8) is 0 Å². The SMILES string of the molecule is CCC(NC(=O)N1CCN(c2ccc(C=Cc3cc(Cl)cc(Cn4ccnc4)c3)cc2)CC1)C(=O)O. The molecule has 1 atom stereocenters. The number of aliphatic carboxylic acids is 1. The standard InChI is InChI=1S/C27H30ClN5O3/c1-2-25(26(34)35)30-27(36)33-13-11-32(12-14-33)24-7-5-20(6-8-24)3-4-21-15-22(17-23(28)16-21)18-31-10-9-29-19-31/h3-10,15-17,19,25H,2,11-14,18H2,1H3,(H,30,36)(H,34,35). The number of rotatable bonds is 8. The number of benzene rings is 2. The Bertz CT molecular complexity index is 1200. The van der Waals surface area contributed by atoms with Gasteiger partial charge in [-0.15, -0.1) is 0 Å². The van der Waals surface area contributed by atoms with Gasteiger partial charge in [-0.1, -0.05) is 42.8 Å². The van der Waals surface area contributed by atoms with E-state index in [1.165, 1.54) is 0 Å². The molecule has 1 fully saturated rings. The molecule has 9 heteroatoms. The second-order valence-electron chi connectivity index (χ2n) is 8.78. The summed E-state index contributed by atoms with van der Waals surface area (Å²) in [6, 6.07) is 13.1. The molecule has 3 aromatic rings. The van der Waals surface area contributed by atoms with Gasteiger partial charge in [0, 0.05) is 55.8 Å². The predicted octanol–water partition coefficient (Wildman–Crippen LogP) is 4.45. The summed E-state index contributed by atoms with van der Waals surface area (Å²) in [6.07, 6.45) is 9.94. The fourth-order valence-corrected chi connectivity index (χ4v) is 4.46. The number of piperazine rings is 1. The lowest BCUT2D eigenvalue weighted by molar-refractivity contribution is -0.139. The molecule has 0 aliphatic carbocycles. The van der Waals surface area contributed by atoms with Crippen molar-refractivity contribution in [1.29, 1.82) is 0 Å². The maximum Gasteiger partial charge on any atom is 0.326 e. The summed E-state index contributed by atoms with van der Waals surface area (Å²) in [5.41, 5.74) is 4.31. The Morgan fingerprint density at radius 2 is 1.81 bits per heavy atom. The summed E-state index contributed by atoms with van der Waals surface area (Å²) >= 11 is 6.34. The van der Waals surface area contributed by atoms with Gasteiger partial charge in [0.15, 0.2) is 0 Å². The lowest BCUT2D eigenvalue weighted by Crippen LogP contribution is -2.54. The topological polar surface area (TPSA) is 90.7 Å². The molecular weight excluding hydrogens is 478 g/mol. The minimum atomic E-state index is -1.01. The summed E-state index contributed by atoms with van der Waals surface area (Å²) in [5.74, 6) is -1.01. The van der Waals surface area contributed by atoms with Crippen LogP contribution in [0.4, 0.5) is 10.5 Å². The highest BCUT2D eigenvalue weighted by molar-refractivity contribution is 6.30. The van der Waals surface area contributed by atoms with Crippen LogP contribution in [0.5, 0.6) is 0 Å². The number of carboxylic acid groups (broad SMARTS) is 1. The van der Waals surface area contributed by atoms with Crippen molar-refractivity contribution in [3.05, 3.63) is 82.9 Å². The first-order chi connectivity index (χ1) is 17.4. The van der Waals surface area contributed by atoms with Crippen molar-refractivity contribution in [2.24, 2.45) is 0 Å². The molecule has 0 radical (unpaired) electrons. The number of carbonyl (C=O) groups is 2. The third kappa shape index (κ3) is 6.66. The quantitative estimate of drug-likeness (QED) is 0.440. The minimum Gasteiger partial charge on any atom is -0.480 e. The van der Waals surface area contributed by atoms with E-state index in [1.807, 2.05) is 22.9 Å². The molecule has 0 saturated carbocycles. The number of nitrogens with one attached hydrogen (secondary N) is 1. The summed E-state index contributed by atoms with van der Waals surface area (Å²) in [7, 11) is 0. The van der Waals surface area contributed by atoms with Crippen LogP contribution in [0.2, 0.25) is 5.02 Å². The first-order valence-electron chi connectivity index (χ1n) is 12.0. The van der Waals surface area contributed by atoms with Gasteiger partial charge >= 0.3 is 12.0 Å². The molecule has 2 heterocycles. The predicted molar refractivity (Wildman–Crippen MR) is 142 cm³/mol. The number of hydrogen-bond donors (Lipinski definition) is 2. The average Bonchev–Trinajstić information content (AvgIpc) is 3.39. The number of halogens is 1. The number of carbonyl (C=O) groups excluding carboxylic acids is 1. The Morgan fingerprint density at radius 1 is 1.08 bits per heavy atom. The van der Waals surface area contributed by atoms with Gasteiger partial charge in [0.2, 0.25) is 0 Å². The average molecular weight is 508 g/mol. The molecule has 1 aliphatic heterocycles. The zero-order valence-electron chi connectivity index (χ0n) is 20.2. The number of aromatic nitrogens is 2. The largest absolute Gasteiger partial charge is 0.480 e. The summed E-state index contributed by atoms with van der Waals surface area (Å²) < 4.78 is 2.00. The molecular formula is C27H30ClN5O3. The molecule has 2 aromatic carbocycles. The van der Waals surface area contributed by atoms with Crippen LogP contribution in [0, 0.1) is 0 Å². The van der Waals surface area contributed by atoms with Gasteiger partial charge in [-0.05, 0) is 53.4 Å². The van der Waals surface area contributed by atoms with Gasteiger partial charge in [0.05, 0.1) is 6.33 Å². The molecule has 1 aromatic heterocycles. The van der Waals surface area contributed by atoms with E-state index in [0.29, 0.717) is 44.2 Å². The van der Waals surface area contributed by atoms with E-state index in [0.717, 1.165) is 22.4 Å². The summed E-state index contributed by atoms with van der Waals surface area (Å²) in [5, 5.41) is 12.4. The number of amides is 2. The molecule has 0 bridgehead atoms. The fraction of sp³-hybridized carbons (Fsp3) is 0.296. The summed E-state index contributed by atoms with van der Waals surface area (Å²) in [6.45, 7) is 4.91. The van der Waals surface area contributed by atoms with Crippen molar-refractivity contribution in [2.45, 2.75) is 25.9 Å². The Kier molecular flexibility index (Phi) is 8.28. The van der Waals surface area contributed by atoms with Gasteiger partial charge in [-0.3, -0.25) is 0 Å². The van der Waals surface area contributed by atoms with E-state index in [-0.39, 0.29) is 6.03 Å². The molecule has 8 nitrogen and oxygen atoms in total. The Labute approximate surface area is 215 Å². The van der Waals surface area contributed by atoms with Crippen molar-refractivity contribution in [1.82, 2.24) is 19.8 Å². The molecule has 36 heavy (non-hydrogen) atoms. The number of anilines is 1. The van der Waals surface area contributed by atoms with Crippen molar-refractivity contribution >= 4 is 41.4 Å². The van der Waals surface area contributed by atoms with Crippen LogP contribution in [-0.2, 0) is 11.3 Å². The van der Waals surface area contributed by atoms with Gasteiger partial charge in [0.1, 0.15) is 6.04 Å². The van der Waals surface area contributed by atoms with Crippen LogP contribution < -0.4 is 10.2 Å². The smallest absolute Gasteiger partial charge is 0.326 e. The highest BCUT2D eigenvalue weighted by Gasteiger charge is 2.25. The van der Waals surface area contributed by atoms with Gasteiger partial charge in [-0.25, -0.2) is 14.6 Å². The second-order valence-corrected chi connectivity index (χ2v) is 9.21. The van der Waals surface area contributed by atoms with Gasteiger partial charge in [-0.2, -0.15) is 0 Å². The highest BCUT2D eigenvalue weighted by Crippen LogP contribution is 2.21. The maximum absolute atomic E-state index is 12.4. The van der Waals surface area contributed by atoms with Crippen LogP contribution in [0.3, 0.4) is 0 Å². The van der Waals surface area contributed by atoms with E-state index in [2.05, 4.69) is 57.7 Å². The number of urea groups is 1. The van der Waals surface area contributed by atoms with E-state index >= 15 is 0 Å².